The topological polar surface area (TPSA) is 18.5 Å². The van der Waals surface area contributed by atoms with Gasteiger partial charge < -0.3 is 9.47 Å². The maximum absolute atomic E-state index is 14.2. The Bertz CT molecular complexity index is 1040. The second-order valence-corrected chi connectivity index (χ2v) is 7.18. The molecular weight excluding hydrogens is 396 g/mol. The molecule has 0 amide bonds. The lowest BCUT2D eigenvalue weighted by molar-refractivity contribution is 0.365. The van der Waals surface area contributed by atoms with E-state index in [1.54, 1.807) is 19.2 Å². The van der Waals surface area contributed by atoms with Gasteiger partial charge in [-0.15, -0.1) is 0 Å². The molecule has 2 nitrogen and oxygen atoms in total. The Morgan fingerprint density at radius 1 is 0.733 bits per heavy atom. The summed E-state index contributed by atoms with van der Waals surface area (Å²) >= 11 is 0. The van der Waals surface area contributed by atoms with E-state index in [0.29, 0.717) is 6.08 Å². The summed E-state index contributed by atoms with van der Waals surface area (Å²) in [7, 11) is 1.59. The van der Waals surface area contributed by atoms with Crippen LogP contribution in [0.2, 0.25) is 0 Å². The minimum absolute atomic E-state index is 0.0345. The molecule has 0 unspecified atom stereocenters. The standard InChI is InChI=1S/C24H20F4O2/c1-5-18-19(25)21(27)23(22(28)20(18)26)30-17-12-8-15(9-13-17)24(2,3)14-6-10-16(29-4)11-7-14/h5-13H,1H2,2-4H3. The molecule has 3 rings (SSSR count). The first-order valence-electron chi connectivity index (χ1n) is 9.12. The average molecular weight is 416 g/mol. The molecule has 0 fully saturated rings. The normalized spacial score (nSPS) is 11.3. The third-order valence-corrected chi connectivity index (χ3v) is 5.07. The maximum atomic E-state index is 14.2. The zero-order chi connectivity index (χ0) is 22.1. The van der Waals surface area contributed by atoms with Crippen LogP contribution in [0.5, 0.6) is 17.2 Å². The molecule has 0 saturated carbocycles. The van der Waals surface area contributed by atoms with Crippen molar-refractivity contribution in [2.75, 3.05) is 7.11 Å². The summed E-state index contributed by atoms with van der Waals surface area (Å²) in [6.45, 7) is 7.19. The van der Waals surface area contributed by atoms with Gasteiger partial charge in [-0.3, -0.25) is 0 Å². The van der Waals surface area contributed by atoms with Crippen molar-refractivity contribution in [3.8, 4) is 17.2 Å². The van der Waals surface area contributed by atoms with Crippen molar-refractivity contribution in [3.63, 3.8) is 0 Å². The van der Waals surface area contributed by atoms with Crippen molar-refractivity contribution in [2.45, 2.75) is 19.3 Å². The van der Waals surface area contributed by atoms with Crippen LogP contribution in [0.15, 0.2) is 55.1 Å². The highest BCUT2D eigenvalue weighted by molar-refractivity contribution is 5.52. The quantitative estimate of drug-likeness (QED) is 0.318. The Kier molecular flexibility index (Phi) is 5.87. The van der Waals surface area contributed by atoms with Crippen LogP contribution >= 0.6 is 0 Å². The summed E-state index contributed by atoms with van der Waals surface area (Å²) in [4.78, 5) is 0. The molecule has 0 heterocycles. The largest absolute Gasteiger partial charge is 0.497 e. The Morgan fingerprint density at radius 3 is 1.57 bits per heavy atom. The van der Waals surface area contributed by atoms with E-state index in [2.05, 4.69) is 6.58 Å². The SMILES string of the molecule is C=Cc1c(F)c(F)c(Oc2ccc(C(C)(C)c3ccc(OC)cc3)cc2)c(F)c1F. The maximum Gasteiger partial charge on any atom is 0.205 e. The van der Waals surface area contributed by atoms with Gasteiger partial charge in [0.1, 0.15) is 11.5 Å². The lowest BCUT2D eigenvalue weighted by atomic mass is 9.78. The van der Waals surface area contributed by atoms with Crippen molar-refractivity contribution in [3.05, 3.63) is 95.1 Å². The Morgan fingerprint density at radius 2 is 1.17 bits per heavy atom. The van der Waals surface area contributed by atoms with Crippen molar-refractivity contribution < 1.29 is 27.0 Å². The van der Waals surface area contributed by atoms with E-state index in [1.807, 2.05) is 38.1 Å². The van der Waals surface area contributed by atoms with Crippen LogP contribution in [0.1, 0.15) is 30.5 Å². The summed E-state index contributed by atoms with van der Waals surface area (Å²) in [6, 6.07) is 14.0. The fourth-order valence-electron chi connectivity index (χ4n) is 3.13. The molecule has 3 aromatic carbocycles. The van der Waals surface area contributed by atoms with Gasteiger partial charge in [-0.2, -0.15) is 8.78 Å². The van der Waals surface area contributed by atoms with Crippen molar-refractivity contribution in [1.29, 1.82) is 0 Å². The van der Waals surface area contributed by atoms with Crippen LogP contribution in [0.25, 0.3) is 6.08 Å². The molecule has 0 spiro atoms. The van der Waals surface area contributed by atoms with Crippen molar-refractivity contribution in [2.24, 2.45) is 0 Å². The van der Waals surface area contributed by atoms with E-state index in [-0.39, 0.29) is 11.2 Å². The zero-order valence-corrected chi connectivity index (χ0v) is 16.7. The molecule has 0 N–H and O–H groups in total. The number of methoxy groups -OCH3 is 1. The minimum atomic E-state index is -1.62. The minimum Gasteiger partial charge on any atom is -0.497 e. The second-order valence-electron chi connectivity index (χ2n) is 7.18. The number of halogens is 4. The summed E-state index contributed by atoms with van der Waals surface area (Å²) in [5.41, 5.74) is 0.665. The zero-order valence-electron chi connectivity index (χ0n) is 16.7. The molecule has 30 heavy (non-hydrogen) atoms. The lowest BCUT2D eigenvalue weighted by Gasteiger charge is -2.26. The molecule has 0 aliphatic rings. The Balaban J connectivity index is 1.90. The number of ether oxygens (including phenoxy) is 2. The molecular formula is C24H20F4O2. The van der Waals surface area contributed by atoms with E-state index in [9.17, 15) is 17.6 Å². The summed E-state index contributed by atoms with van der Waals surface area (Å²) in [5, 5.41) is 0. The molecule has 0 radical (unpaired) electrons. The number of hydrogen-bond donors (Lipinski definition) is 0. The van der Waals surface area contributed by atoms with Gasteiger partial charge in [0.25, 0.3) is 0 Å². The van der Waals surface area contributed by atoms with Crippen LogP contribution in [0, 0.1) is 23.3 Å². The van der Waals surface area contributed by atoms with Gasteiger partial charge in [-0.05, 0) is 35.4 Å². The molecule has 156 valence electrons. The van der Waals surface area contributed by atoms with E-state index in [4.69, 9.17) is 9.47 Å². The van der Waals surface area contributed by atoms with Gasteiger partial charge >= 0.3 is 0 Å². The van der Waals surface area contributed by atoms with Gasteiger partial charge in [0.15, 0.2) is 11.6 Å². The van der Waals surface area contributed by atoms with Gasteiger partial charge in [-0.25, -0.2) is 8.78 Å². The Labute approximate surface area is 172 Å². The van der Waals surface area contributed by atoms with Crippen LogP contribution in [0.4, 0.5) is 17.6 Å². The highest BCUT2D eigenvalue weighted by Gasteiger charge is 2.26. The second kappa shape index (κ2) is 8.22. The van der Waals surface area contributed by atoms with Gasteiger partial charge in [0.05, 0.1) is 12.7 Å². The van der Waals surface area contributed by atoms with Crippen LogP contribution in [0.3, 0.4) is 0 Å². The number of benzene rings is 3. The Hall–Kier alpha value is -3.28. The smallest absolute Gasteiger partial charge is 0.205 e. The van der Waals surface area contributed by atoms with Gasteiger partial charge in [0, 0.05) is 5.41 Å². The molecule has 0 aliphatic heterocycles. The van der Waals surface area contributed by atoms with E-state index >= 15 is 0 Å². The van der Waals surface area contributed by atoms with Crippen LogP contribution in [-0.2, 0) is 5.41 Å². The molecule has 0 bridgehead atoms. The van der Waals surface area contributed by atoms with Crippen LogP contribution in [-0.4, -0.2) is 7.11 Å². The van der Waals surface area contributed by atoms with E-state index in [0.717, 1.165) is 16.9 Å². The highest BCUT2D eigenvalue weighted by Crippen LogP contribution is 2.36. The van der Waals surface area contributed by atoms with Gasteiger partial charge in [0.2, 0.25) is 17.4 Å². The number of rotatable bonds is 6. The first kappa shape index (κ1) is 21.4. The van der Waals surface area contributed by atoms with E-state index in [1.165, 1.54) is 12.1 Å². The average Bonchev–Trinajstić information content (AvgIpc) is 2.76. The summed E-state index contributed by atoms with van der Waals surface area (Å²) in [5.74, 6) is -6.72. The predicted molar refractivity (Wildman–Crippen MR) is 108 cm³/mol. The predicted octanol–water partition coefficient (Wildman–Crippen LogP) is 7.01. The highest BCUT2D eigenvalue weighted by atomic mass is 19.2. The third kappa shape index (κ3) is 3.77. The van der Waals surface area contributed by atoms with Gasteiger partial charge in [-0.1, -0.05) is 50.8 Å². The van der Waals surface area contributed by atoms with Crippen LogP contribution < -0.4 is 9.47 Å². The molecule has 0 saturated heterocycles. The van der Waals surface area contributed by atoms with Crippen molar-refractivity contribution >= 4 is 6.08 Å². The van der Waals surface area contributed by atoms with Crippen molar-refractivity contribution in [1.82, 2.24) is 0 Å². The first-order chi connectivity index (χ1) is 14.2. The molecule has 6 heteroatoms. The number of hydrogen-bond acceptors (Lipinski definition) is 2. The molecule has 0 aromatic heterocycles. The summed E-state index contributed by atoms with van der Waals surface area (Å²) < 4.78 is 66.5. The molecule has 0 atom stereocenters. The molecule has 0 aliphatic carbocycles. The molecule has 3 aromatic rings. The summed E-state index contributed by atoms with van der Waals surface area (Å²) in [6.07, 6.45) is 0.705. The lowest BCUT2D eigenvalue weighted by Crippen LogP contribution is -2.18. The fraction of sp³-hybridized carbons (Fsp3) is 0.167. The first-order valence-corrected chi connectivity index (χ1v) is 9.12. The fourth-order valence-corrected chi connectivity index (χ4v) is 3.13. The monoisotopic (exact) mass is 416 g/mol. The van der Waals surface area contributed by atoms with E-state index < -0.39 is 34.6 Å². The third-order valence-electron chi connectivity index (χ3n) is 5.07.